The van der Waals surface area contributed by atoms with Gasteiger partial charge in [0.1, 0.15) is 0 Å². The van der Waals surface area contributed by atoms with Crippen molar-refractivity contribution in [3.63, 3.8) is 0 Å². The van der Waals surface area contributed by atoms with Gasteiger partial charge in [-0.25, -0.2) is 0 Å². The summed E-state index contributed by atoms with van der Waals surface area (Å²) in [5.41, 5.74) is 14.1. The minimum Gasteiger partial charge on any atom is -0.0587 e. The molecule has 0 fully saturated rings. The number of hydrogen-bond acceptors (Lipinski definition) is 0. The van der Waals surface area contributed by atoms with Crippen LogP contribution in [0.15, 0.2) is 107 Å². The van der Waals surface area contributed by atoms with Crippen LogP contribution >= 0.6 is 0 Å². The van der Waals surface area contributed by atoms with E-state index in [2.05, 4.69) is 98.8 Å². The summed E-state index contributed by atoms with van der Waals surface area (Å²) >= 11 is 0. The van der Waals surface area contributed by atoms with Crippen molar-refractivity contribution in [2.75, 3.05) is 0 Å². The zero-order valence-electron chi connectivity index (χ0n) is 17.2. The fourth-order valence-electron chi connectivity index (χ4n) is 4.39. The van der Waals surface area contributed by atoms with E-state index in [0.717, 1.165) is 19.3 Å². The van der Waals surface area contributed by atoms with Gasteiger partial charge in [0.15, 0.2) is 0 Å². The van der Waals surface area contributed by atoms with E-state index in [1.807, 2.05) is 0 Å². The monoisotopic (exact) mass is 374 g/mol. The van der Waals surface area contributed by atoms with Crippen molar-refractivity contribution in [1.29, 1.82) is 0 Å². The third-order valence-corrected chi connectivity index (χ3v) is 6.27. The Morgan fingerprint density at radius 3 is 1.00 bits per heavy atom. The Labute approximate surface area is 174 Å². The van der Waals surface area contributed by atoms with Gasteiger partial charge >= 0.3 is 0 Å². The van der Waals surface area contributed by atoms with Crippen LogP contribution in [0.3, 0.4) is 0 Å². The predicted octanol–water partition coefficient (Wildman–Crippen LogP) is 7.69. The Bertz CT molecular complexity index is 1040. The highest BCUT2D eigenvalue weighted by Crippen LogP contribution is 2.41. The van der Waals surface area contributed by atoms with Gasteiger partial charge in [-0.05, 0) is 77.7 Å². The molecule has 0 N–H and O–H groups in total. The zero-order valence-corrected chi connectivity index (χ0v) is 17.2. The van der Waals surface area contributed by atoms with Crippen LogP contribution < -0.4 is 0 Å². The summed E-state index contributed by atoms with van der Waals surface area (Å²) < 4.78 is 0. The van der Waals surface area contributed by atoms with E-state index in [1.54, 1.807) is 0 Å². The molecule has 0 bridgehead atoms. The second-order valence-electron chi connectivity index (χ2n) is 8.41. The van der Waals surface area contributed by atoms with Crippen molar-refractivity contribution < 1.29 is 0 Å². The number of rotatable bonds is 4. The van der Waals surface area contributed by atoms with Gasteiger partial charge in [0.05, 0.1) is 0 Å². The summed E-state index contributed by atoms with van der Waals surface area (Å²) in [6.07, 6.45) is 17.0. The summed E-state index contributed by atoms with van der Waals surface area (Å²) in [5.74, 6) is 0. The van der Waals surface area contributed by atoms with Gasteiger partial charge in [0.25, 0.3) is 0 Å². The fraction of sp³-hybridized carbons (Fsp3) is 0.172. The first-order valence-corrected chi connectivity index (χ1v) is 10.5. The summed E-state index contributed by atoms with van der Waals surface area (Å²) in [5, 5.41) is 0. The number of hydrogen-bond donors (Lipinski definition) is 0. The molecule has 3 aliphatic carbocycles. The number of allylic oxidation sites excluding steroid dienone is 12. The van der Waals surface area contributed by atoms with E-state index >= 15 is 0 Å². The van der Waals surface area contributed by atoms with Gasteiger partial charge in [-0.3, -0.25) is 0 Å². The third kappa shape index (κ3) is 3.63. The molecule has 0 heterocycles. The average Bonchev–Trinajstić information content (AvgIpc) is 3.48. The second-order valence-corrected chi connectivity index (χ2v) is 8.41. The average molecular weight is 375 g/mol. The molecule has 29 heavy (non-hydrogen) atoms. The molecule has 0 radical (unpaired) electrons. The van der Waals surface area contributed by atoms with Crippen LogP contribution in [0, 0.1) is 13.8 Å². The van der Waals surface area contributed by atoms with E-state index in [1.165, 1.54) is 55.7 Å². The van der Waals surface area contributed by atoms with Crippen molar-refractivity contribution in [2.45, 2.75) is 33.1 Å². The Morgan fingerprint density at radius 1 is 0.379 bits per heavy atom. The smallest absolute Gasteiger partial charge is 0.00170 e. The van der Waals surface area contributed by atoms with Gasteiger partial charge in [-0.1, -0.05) is 96.1 Å². The molecule has 0 amide bonds. The molecular weight excluding hydrogens is 348 g/mol. The van der Waals surface area contributed by atoms with Crippen molar-refractivity contribution in [3.8, 4) is 0 Å². The topological polar surface area (TPSA) is 0 Å². The quantitative estimate of drug-likeness (QED) is 0.514. The van der Waals surface area contributed by atoms with E-state index in [4.69, 9.17) is 0 Å². The van der Waals surface area contributed by atoms with Crippen LogP contribution in [0.25, 0.3) is 11.1 Å². The standard InChI is InChI=1S/C29H26/c1-20-3-7-22(8-4-20)24-11-13-26(17-24)28-15-16-29(19-28)27-14-12-25(18-27)23-9-5-21(2)6-10-23/h3-16H,17-19H2,1-2H3. The Balaban J connectivity index is 1.19. The highest BCUT2D eigenvalue weighted by molar-refractivity contribution is 5.77. The molecule has 142 valence electrons. The van der Waals surface area contributed by atoms with Crippen LogP contribution in [-0.4, -0.2) is 0 Å². The van der Waals surface area contributed by atoms with Gasteiger partial charge in [0.2, 0.25) is 0 Å². The lowest BCUT2D eigenvalue weighted by Gasteiger charge is -2.11. The normalized spacial score (nSPS) is 18.1. The Kier molecular flexibility index (Phi) is 4.56. The van der Waals surface area contributed by atoms with Gasteiger partial charge in [0, 0.05) is 0 Å². The maximum absolute atomic E-state index is 2.33. The molecule has 0 aromatic heterocycles. The summed E-state index contributed by atoms with van der Waals surface area (Å²) in [6.45, 7) is 4.29. The highest BCUT2D eigenvalue weighted by Gasteiger charge is 2.21. The van der Waals surface area contributed by atoms with Crippen molar-refractivity contribution >= 4 is 11.1 Å². The van der Waals surface area contributed by atoms with Crippen LogP contribution in [-0.2, 0) is 0 Å². The second kappa shape index (κ2) is 7.37. The molecule has 0 nitrogen and oxygen atoms in total. The van der Waals surface area contributed by atoms with Crippen LogP contribution in [0.1, 0.15) is 41.5 Å². The van der Waals surface area contributed by atoms with E-state index in [9.17, 15) is 0 Å². The molecule has 2 aromatic rings. The first-order valence-electron chi connectivity index (χ1n) is 10.5. The maximum Gasteiger partial charge on any atom is -0.00170 e. The molecule has 0 atom stereocenters. The molecule has 0 saturated carbocycles. The summed E-state index contributed by atoms with van der Waals surface area (Å²) in [6, 6.07) is 17.8. The zero-order chi connectivity index (χ0) is 19.8. The molecule has 0 spiro atoms. The number of benzene rings is 2. The molecule has 0 aliphatic heterocycles. The lowest BCUT2D eigenvalue weighted by Crippen LogP contribution is -1.92. The minimum absolute atomic E-state index is 1.04. The van der Waals surface area contributed by atoms with E-state index in [0.29, 0.717) is 0 Å². The van der Waals surface area contributed by atoms with Gasteiger partial charge in [-0.15, -0.1) is 0 Å². The molecule has 3 aliphatic rings. The van der Waals surface area contributed by atoms with Crippen LogP contribution in [0.2, 0.25) is 0 Å². The molecule has 0 heteroatoms. The Hall–Kier alpha value is -3.12. The van der Waals surface area contributed by atoms with Gasteiger partial charge in [-0.2, -0.15) is 0 Å². The molecular formula is C29H26. The third-order valence-electron chi connectivity index (χ3n) is 6.27. The molecule has 0 unspecified atom stereocenters. The predicted molar refractivity (Wildman–Crippen MR) is 124 cm³/mol. The molecule has 5 rings (SSSR count). The van der Waals surface area contributed by atoms with E-state index in [-0.39, 0.29) is 0 Å². The van der Waals surface area contributed by atoms with Crippen molar-refractivity contribution in [1.82, 2.24) is 0 Å². The largest absolute Gasteiger partial charge is 0.0587 e. The first-order chi connectivity index (χ1) is 14.2. The number of aryl methyl sites for hydroxylation is 2. The summed E-state index contributed by atoms with van der Waals surface area (Å²) in [4.78, 5) is 0. The fourth-order valence-corrected chi connectivity index (χ4v) is 4.39. The van der Waals surface area contributed by atoms with E-state index < -0.39 is 0 Å². The highest BCUT2D eigenvalue weighted by atomic mass is 14.3. The molecule has 0 saturated heterocycles. The van der Waals surface area contributed by atoms with Crippen molar-refractivity contribution in [3.05, 3.63) is 130 Å². The van der Waals surface area contributed by atoms with Crippen LogP contribution in [0.4, 0.5) is 0 Å². The Morgan fingerprint density at radius 2 is 0.655 bits per heavy atom. The van der Waals surface area contributed by atoms with Crippen LogP contribution in [0.5, 0.6) is 0 Å². The lowest BCUT2D eigenvalue weighted by atomic mass is 9.93. The maximum atomic E-state index is 2.33. The SMILES string of the molecule is Cc1ccc(C2=CC=C(C3=CC=C(C4=CC=C(c5ccc(C)cc5)C4)C3)C2)cc1. The van der Waals surface area contributed by atoms with Crippen molar-refractivity contribution in [2.24, 2.45) is 0 Å². The van der Waals surface area contributed by atoms with Gasteiger partial charge < -0.3 is 0 Å². The summed E-state index contributed by atoms with van der Waals surface area (Å²) in [7, 11) is 0. The first kappa shape index (κ1) is 17.9. The molecule has 2 aromatic carbocycles. The lowest BCUT2D eigenvalue weighted by molar-refractivity contribution is 1.11. The minimum atomic E-state index is 1.04.